The quantitative estimate of drug-likeness (QED) is 0.407. The number of benzene rings is 2. The molecule has 0 aliphatic rings. The van der Waals surface area contributed by atoms with E-state index in [1.807, 2.05) is 42.5 Å². The van der Waals surface area contributed by atoms with Gasteiger partial charge in [-0.2, -0.15) is 5.26 Å². The summed E-state index contributed by atoms with van der Waals surface area (Å²) in [5.74, 6) is -0.139. The number of unbranched alkanes of at least 4 members (excludes halogenated alkanes) is 2. The van der Waals surface area contributed by atoms with Crippen LogP contribution in [0.2, 0.25) is 0 Å². The number of nitriles is 1. The zero-order valence-corrected chi connectivity index (χ0v) is 19.4. The number of nitrogens with zero attached hydrogens (tertiary/aromatic N) is 2. The van der Waals surface area contributed by atoms with Gasteiger partial charge in [0.25, 0.3) is 5.91 Å². The van der Waals surface area contributed by atoms with Gasteiger partial charge >= 0.3 is 0 Å². The molecule has 164 valence electrons. The standard InChI is InChI=1S/C27H35N3O/c1-5-8-10-22-11-13-23(14-12-22)27(31)29-26-19-25(30(7-3)17-9-6-2)16-15-24(26)18-21(4)20-28/h11-16,18-19H,5-10,17H2,1-4H3,(H,29,31)/b21-18+. The molecule has 0 spiro atoms. The van der Waals surface area contributed by atoms with E-state index in [1.165, 1.54) is 5.56 Å². The van der Waals surface area contributed by atoms with Crippen LogP contribution in [0.3, 0.4) is 0 Å². The molecule has 4 nitrogen and oxygen atoms in total. The topological polar surface area (TPSA) is 56.1 Å². The minimum Gasteiger partial charge on any atom is -0.372 e. The van der Waals surface area contributed by atoms with E-state index in [0.29, 0.717) is 11.1 Å². The van der Waals surface area contributed by atoms with Crippen molar-refractivity contribution in [1.29, 1.82) is 5.26 Å². The number of carbonyl (C=O) groups excluding carboxylic acids is 1. The van der Waals surface area contributed by atoms with Crippen LogP contribution in [0.1, 0.15) is 74.9 Å². The summed E-state index contributed by atoms with van der Waals surface area (Å²) >= 11 is 0. The SMILES string of the molecule is CCCCc1ccc(C(=O)Nc2cc(N(CC)CCCC)ccc2/C=C(\C)C#N)cc1. The second-order valence-electron chi connectivity index (χ2n) is 7.90. The summed E-state index contributed by atoms with van der Waals surface area (Å²) in [5, 5.41) is 12.3. The van der Waals surface area contributed by atoms with Crippen molar-refractivity contribution in [3.05, 3.63) is 64.7 Å². The van der Waals surface area contributed by atoms with Gasteiger partial charge in [0.05, 0.1) is 11.8 Å². The third-order valence-electron chi connectivity index (χ3n) is 5.40. The van der Waals surface area contributed by atoms with Crippen LogP contribution in [-0.2, 0) is 6.42 Å². The fourth-order valence-electron chi connectivity index (χ4n) is 3.46. The first-order valence-electron chi connectivity index (χ1n) is 11.4. The Morgan fingerprint density at radius 3 is 2.39 bits per heavy atom. The summed E-state index contributed by atoms with van der Waals surface area (Å²) < 4.78 is 0. The molecule has 31 heavy (non-hydrogen) atoms. The molecule has 0 aromatic heterocycles. The van der Waals surface area contributed by atoms with Gasteiger partial charge in [-0.05, 0) is 74.6 Å². The van der Waals surface area contributed by atoms with Gasteiger partial charge in [0.1, 0.15) is 0 Å². The molecule has 0 fully saturated rings. The molecule has 0 saturated heterocycles. The van der Waals surface area contributed by atoms with Gasteiger partial charge in [0, 0.05) is 29.9 Å². The van der Waals surface area contributed by atoms with Gasteiger partial charge in [-0.3, -0.25) is 4.79 Å². The number of rotatable bonds is 11. The average molecular weight is 418 g/mol. The lowest BCUT2D eigenvalue weighted by Crippen LogP contribution is -2.24. The molecule has 2 aromatic rings. The Morgan fingerprint density at radius 2 is 1.77 bits per heavy atom. The first kappa shape index (κ1) is 24.2. The second-order valence-corrected chi connectivity index (χ2v) is 7.90. The van der Waals surface area contributed by atoms with Gasteiger partial charge in [0.2, 0.25) is 0 Å². The lowest BCUT2D eigenvalue weighted by Gasteiger charge is -2.24. The Labute approximate surface area is 187 Å². The highest BCUT2D eigenvalue weighted by Gasteiger charge is 2.12. The molecule has 4 heteroatoms. The minimum atomic E-state index is -0.139. The van der Waals surface area contributed by atoms with E-state index in [9.17, 15) is 10.1 Å². The summed E-state index contributed by atoms with van der Waals surface area (Å²) in [5.41, 5.74) is 5.12. The maximum absolute atomic E-state index is 13.0. The molecule has 0 aliphatic carbocycles. The summed E-state index contributed by atoms with van der Waals surface area (Å²) in [7, 11) is 0. The van der Waals surface area contributed by atoms with Crippen molar-refractivity contribution >= 4 is 23.4 Å². The molecule has 0 aliphatic heterocycles. The van der Waals surface area contributed by atoms with Gasteiger partial charge < -0.3 is 10.2 Å². The molecular formula is C27H35N3O. The van der Waals surface area contributed by atoms with Crippen molar-refractivity contribution in [2.45, 2.75) is 59.8 Å². The van der Waals surface area contributed by atoms with Crippen LogP contribution in [-0.4, -0.2) is 19.0 Å². The van der Waals surface area contributed by atoms with E-state index in [-0.39, 0.29) is 5.91 Å². The zero-order valence-electron chi connectivity index (χ0n) is 19.4. The first-order chi connectivity index (χ1) is 15.0. The summed E-state index contributed by atoms with van der Waals surface area (Å²) in [6, 6.07) is 16.1. The van der Waals surface area contributed by atoms with Crippen molar-refractivity contribution in [2.75, 3.05) is 23.3 Å². The third-order valence-corrected chi connectivity index (χ3v) is 5.40. The van der Waals surface area contributed by atoms with Crippen molar-refractivity contribution in [1.82, 2.24) is 0 Å². The molecule has 0 unspecified atom stereocenters. The number of hydrogen-bond donors (Lipinski definition) is 1. The maximum atomic E-state index is 13.0. The van der Waals surface area contributed by atoms with Crippen LogP contribution in [0.5, 0.6) is 0 Å². The number of hydrogen-bond acceptors (Lipinski definition) is 3. The van der Waals surface area contributed by atoms with Crippen LogP contribution in [0.25, 0.3) is 6.08 Å². The van der Waals surface area contributed by atoms with Crippen LogP contribution >= 0.6 is 0 Å². The lowest BCUT2D eigenvalue weighted by atomic mass is 10.1. The third kappa shape index (κ3) is 7.29. The number of anilines is 2. The number of carbonyl (C=O) groups is 1. The number of allylic oxidation sites excluding steroid dienone is 1. The molecule has 2 aromatic carbocycles. The lowest BCUT2D eigenvalue weighted by molar-refractivity contribution is 0.102. The van der Waals surface area contributed by atoms with Crippen molar-refractivity contribution in [2.24, 2.45) is 0 Å². The predicted molar refractivity (Wildman–Crippen MR) is 132 cm³/mol. The van der Waals surface area contributed by atoms with Crippen molar-refractivity contribution in [3.63, 3.8) is 0 Å². The minimum absolute atomic E-state index is 0.139. The number of aryl methyl sites for hydroxylation is 1. The fourth-order valence-corrected chi connectivity index (χ4v) is 3.46. The fraction of sp³-hybridized carbons (Fsp3) is 0.407. The molecule has 0 heterocycles. The van der Waals surface area contributed by atoms with Crippen molar-refractivity contribution < 1.29 is 4.79 Å². The second kappa shape index (κ2) is 12.6. The van der Waals surface area contributed by atoms with Gasteiger partial charge in [-0.15, -0.1) is 0 Å². The highest BCUT2D eigenvalue weighted by molar-refractivity contribution is 6.05. The molecule has 0 saturated carbocycles. The Morgan fingerprint density at radius 1 is 1.06 bits per heavy atom. The van der Waals surface area contributed by atoms with E-state index in [1.54, 1.807) is 6.92 Å². The largest absolute Gasteiger partial charge is 0.372 e. The van der Waals surface area contributed by atoms with E-state index in [2.05, 4.69) is 43.1 Å². The molecule has 1 N–H and O–H groups in total. The van der Waals surface area contributed by atoms with Gasteiger partial charge in [-0.25, -0.2) is 0 Å². The first-order valence-corrected chi connectivity index (χ1v) is 11.4. The molecular weight excluding hydrogens is 382 g/mol. The van der Waals surface area contributed by atoms with Crippen LogP contribution in [0, 0.1) is 11.3 Å². The van der Waals surface area contributed by atoms with E-state index in [4.69, 9.17) is 0 Å². The zero-order chi connectivity index (χ0) is 22.6. The highest BCUT2D eigenvalue weighted by Crippen LogP contribution is 2.27. The van der Waals surface area contributed by atoms with E-state index < -0.39 is 0 Å². The van der Waals surface area contributed by atoms with Crippen LogP contribution in [0.4, 0.5) is 11.4 Å². The Bertz CT molecular complexity index is 922. The van der Waals surface area contributed by atoms with Crippen LogP contribution < -0.4 is 10.2 Å². The monoisotopic (exact) mass is 417 g/mol. The van der Waals surface area contributed by atoms with Crippen molar-refractivity contribution in [3.8, 4) is 6.07 Å². The normalized spacial score (nSPS) is 11.1. The molecule has 1 amide bonds. The smallest absolute Gasteiger partial charge is 0.255 e. The average Bonchev–Trinajstić information content (AvgIpc) is 2.79. The van der Waals surface area contributed by atoms with Gasteiger partial charge in [0.15, 0.2) is 0 Å². The Balaban J connectivity index is 2.31. The molecule has 0 radical (unpaired) electrons. The van der Waals surface area contributed by atoms with E-state index >= 15 is 0 Å². The number of amides is 1. The summed E-state index contributed by atoms with van der Waals surface area (Å²) in [4.78, 5) is 15.3. The highest BCUT2D eigenvalue weighted by atomic mass is 16.1. The van der Waals surface area contributed by atoms with Gasteiger partial charge in [-0.1, -0.05) is 44.9 Å². The summed E-state index contributed by atoms with van der Waals surface area (Å²) in [6.45, 7) is 10.2. The van der Waals surface area contributed by atoms with E-state index in [0.717, 1.165) is 62.1 Å². The number of nitrogens with one attached hydrogen (secondary N) is 1. The van der Waals surface area contributed by atoms with Crippen LogP contribution in [0.15, 0.2) is 48.0 Å². The Hall–Kier alpha value is -3.06. The molecule has 2 rings (SSSR count). The molecule has 0 atom stereocenters. The molecule has 0 bridgehead atoms. The maximum Gasteiger partial charge on any atom is 0.255 e. The Kier molecular flexibility index (Phi) is 9.84. The predicted octanol–water partition coefficient (Wildman–Crippen LogP) is 6.83. The summed E-state index contributed by atoms with van der Waals surface area (Å²) in [6.07, 6.45) is 7.41.